The van der Waals surface area contributed by atoms with Gasteiger partial charge in [-0.05, 0) is 53.6 Å². The van der Waals surface area contributed by atoms with Gasteiger partial charge in [0.1, 0.15) is 0 Å². The summed E-state index contributed by atoms with van der Waals surface area (Å²) in [5.74, 6) is 0.500. The van der Waals surface area contributed by atoms with Crippen molar-refractivity contribution in [3.05, 3.63) is 48.5 Å². The summed E-state index contributed by atoms with van der Waals surface area (Å²) in [6.45, 7) is 1.27. The van der Waals surface area contributed by atoms with Crippen molar-refractivity contribution in [1.29, 1.82) is 0 Å². The van der Waals surface area contributed by atoms with Gasteiger partial charge in [0.15, 0.2) is 22.3 Å². The topological polar surface area (TPSA) is 133 Å². The van der Waals surface area contributed by atoms with E-state index in [1.54, 1.807) is 30.6 Å². The van der Waals surface area contributed by atoms with Crippen LogP contribution < -0.4 is 4.90 Å². The van der Waals surface area contributed by atoms with Crippen LogP contribution in [0.2, 0.25) is 0 Å². The summed E-state index contributed by atoms with van der Waals surface area (Å²) in [6.07, 6.45) is 5.83. The fourth-order valence-electron chi connectivity index (χ4n) is 3.35. The minimum atomic E-state index is -3.30. The summed E-state index contributed by atoms with van der Waals surface area (Å²) in [6, 6.07) is 7.92. The third-order valence-electron chi connectivity index (χ3n) is 5.05. The molecule has 0 bridgehead atoms. The van der Waals surface area contributed by atoms with Gasteiger partial charge in [-0.25, -0.2) is 18.4 Å². The van der Waals surface area contributed by atoms with Gasteiger partial charge in [-0.1, -0.05) is 0 Å². The van der Waals surface area contributed by atoms with Crippen molar-refractivity contribution < 1.29 is 17.9 Å². The molecule has 1 saturated heterocycles. The number of ether oxygens (including phenoxy) is 1. The average molecular weight is 443 g/mol. The highest BCUT2D eigenvalue weighted by Crippen LogP contribution is 2.22. The first-order chi connectivity index (χ1) is 14.9. The maximum absolute atomic E-state index is 12.5. The molecule has 0 amide bonds. The van der Waals surface area contributed by atoms with Gasteiger partial charge in [0, 0.05) is 31.7 Å². The van der Waals surface area contributed by atoms with Gasteiger partial charge in [0.2, 0.25) is 5.95 Å². The predicted octanol–water partition coefficient (Wildman–Crippen LogP) is 0.816. The molecule has 31 heavy (non-hydrogen) atoms. The molecule has 4 rings (SSSR count). The number of anilines is 1. The fourth-order valence-corrected chi connectivity index (χ4v) is 3.98. The normalized spacial score (nSPS) is 15.1. The van der Waals surface area contributed by atoms with Crippen molar-refractivity contribution in [2.45, 2.75) is 24.3 Å². The van der Waals surface area contributed by atoms with Gasteiger partial charge in [-0.3, -0.25) is 4.79 Å². The Hall–Kier alpha value is -3.41. The Morgan fingerprint density at radius 2 is 1.81 bits per heavy atom. The summed E-state index contributed by atoms with van der Waals surface area (Å²) in [5, 5.41) is 11.5. The molecule has 3 heterocycles. The molecule has 162 valence electrons. The lowest BCUT2D eigenvalue weighted by Gasteiger charge is -2.30. The number of piperidine rings is 1. The molecule has 0 spiro atoms. The van der Waals surface area contributed by atoms with Crippen LogP contribution in [0, 0.1) is 5.92 Å². The van der Waals surface area contributed by atoms with E-state index in [1.807, 2.05) is 4.90 Å². The first-order valence-electron chi connectivity index (χ1n) is 9.68. The summed E-state index contributed by atoms with van der Waals surface area (Å²) in [4.78, 5) is 23.2. The predicted molar refractivity (Wildman–Crippen MR) is 109 cm³/mol. The van der Waals surface area contributed by atoms with Gasteiger partial charge >= 0.3 is 5.97 Å². The monoisotopic (exact) mass is 443 g/mol. The van der Waals surface area contributed by atoms with Crippen LogP contribution in [0.15, 0.2) is 47.6 Å². The summed E-state index contributed by atoms with van der Waals surface area (Å²) >= 11 is 0. The molecule has 1 aliphatic rings. The lowest BCUT2D eigenvalue weighted by atomic mass is 9.97. The first-order valence-corrected chi connectivity index (χ1v) is 11.6. The van der Waals surface area contributed by atoms with Crippen LogP contribution in [0.3, 0.4) is 0 Å². The number of benzene rings is 1. The maximum atomic E-state index is 12.5. The largest absolute Gasteiger partial charge is 0.457 e. The van der Waals surface area contributed by atoms with Crippen molar-refractivity contribution >= 4 is 21.8 Å². The molecule has 0 atom stereocenters. The number of carbonyl (C=O) groups is 1. The highest BCUT2D eigenvalue weighted by Gasteiger charge is 2.27. The number of aromatic nitrogens is 6. The zero-order chi connectivity index (χ0) is 21.8. The van der Waals surface area contributed by atoms with Crippen molar-refractivity contribution in [3.63, 3.8) is 0 Å². The molecule has 1 aromatic carbocycles. The van der Waals surface area contributed by atoms with Crippen molar-refractivity contribution in [2.24, 2.45) is 5.92 Å². The zero-order valence-electron chi connectivity index (χ0n) is 16.8. The quantitative estimate of drug-likeness (QED) is 0.504. The zero-order valence-corrected chi connectivity index (χ0v) is 17.6. The Morgan fingerprint density at radius 1 is 1.13 bits per heavy atom. The number of carbonyl (C=O) groups excluding carboxylic acids is 1. The lowest BCUT2D eigenvalue weighted by molar-refractivity contribution is -0.150. The molecule has 0 saturated carbocycles. The molecule has 0 unspecified atom stereocenters. The second-order valence-electron chi connectivity index (χ2n) is 7.19. The lowest BCUT2D eigenvalue weighted by Crippen LogP contribution is -2.37. The summed E-state index contributed by atoms with van der Waals surface area (Å²) in [5.41, 5.74) is 0.569. The van der Waals surface area contributed by atoms with E-state index >= 15 is 0 Å². The van der Waals surface area contributed by atoms with Crippen LogP contribution in [0.25, 0.3) is 5.69 Å². The highest BCUT2D eigenvalue weighted by molar-refractivity contribution is 7.90. The Kier molecular flexibility index (Phi) is 5.89. The molecule has 2 aromatic heterocycles. The summed E-state index contributed by atoms with van der Waals surface area (Å²) in [7, 11) is -3.30. The Labute approximate surface area is 179 Å². The Bertz CT molecular complexity index is 1140. The molecule has 11 nitrogen and oxygen atoms in total. The number of hydrogen-bond donors (Lipinski definition) is 0. The molecule has 1 aliphatic heterocycles. The molecular weight excluding hydrogens is 422 g/mol. The number of esters is 1. The number of hydrogen-bond acceptors (Lipinski definition) is 10. The van der Waals surface area contributed by atoms with E-state index in [9.17, 15) is 13.2 Å². The number of nitrogens with zero attached hydrogens (tertiary/aromatic N) is 7. The molecular formula is C19H21N7O4S. The van der Waals surface area contributed by atoms with Crippen molar-refractivity contribution in [1.82, 2.24) is 30.2 Å². The molecule has 1 fully saturated rings. The van der Waals surface area contributed by atoms with E-state index in [-0.39, 0.29) is 23.4 Å². The third-order valence-corrected chi connectivity index (χ3v) is 6.18. The first kappa shape index (κ1) is 20.8. The number of tetrazole rings is 1. The minimum Gasteiger partial charge on any atom is -0.457 e. The van der Waals surface area contributed by atoms with E-state index in [0.29, 0.717) is 43.4 Å². The van der Waals surface area contributed by atoms with Crippen LogP contribution in [0.5, 0.6) is 0 Å². The van der Waals surface area contributed by atoms with Crippen LogP contribution in [-0.2, 0) is 26.0 Å². The summed E-state index contributed by atoms with van der Waals surface area (Å²) < 4.78 is 30.1. The molecule has 3 aromatic rings. The van der Waals surface area contributed by atoms with Gasteiger partial charge in [-0.2, -0.15) is 4.68 Å². The Morgan fingerprint density at radius 3 is 2.45 bits per heavy atom. The van der Waals surface area contributed by atoms with Crippen LogP contribution in [0.4, 0.5) is 5.95 Å². The Balaban J connectivity index is 1.34. The van der Waals surface area contributed by atoms with E-state index in [4.69, 9.17) is 4.74 Å². The van der Waals surface area contributed by atoms with E-state index < -0.39 is 9.84 Å². The van der Waals surface area contributed by atoms with Crippen molar-refractivity contribution in [2.75, 3.05) is 24.2 Å². The van der Waals surface area contributed by atoms with Crippen LogP contribution in [-0.4, -0.2) is 63.9 Å². The van der Waals surface area contributed by atoms with Gasteiger partial charge in [0.25, 0.3) is 0 Å². The van der Waals surface area contributed by atoms with Gasteiger partial charge < -0.3 is 9.64 Å². The maximum Gasteiger partial charge on any atom is 0.309 e. The average Bonchev–Trinajstić information content (AvgIpc) is 3.26. The van der Waals surface area contributed by atoms with E-state index in [1.165, 1.54) is 16.8 Å². The van der Waals surface area contributed by atoms with Gasteiger partial charge in [0.05, 0.1) is 16.5 Å². The SMILES string of the molecule is CS(=O)(=O)c1ccc(-n2nnnc2COC(=O)C2CCN(c3ncccn3)CC2)cc1. The number of rotatable bonds is 6. The van der Waals surface area contributed by atoms with Gasteiger partial charge in [-0.15, -0.1) is 5.10 Å². The second-order valence-corrected chi connectivity index (χ2v) is 9.21. The minimum absolute atomic E-state index is 0.0817. The van der Waals surface area contributed by atoms with E-state index in [2.05, 4.69) is 25.5 Å². The highest BCUT2D eigenvalue weighted by atomic mass is 32.2. The molecule has 12 heteroatoms. The smallest absolute Gasteiger partial charge is 0.309 e. The molecule has 0 radical (unpaired) electrons. The fraction of sp³-hybridized carbons (Fsp3) is 0.368. The standard InChI is InChI=1S/C19H21N7O4S/c1-31(28,29)16-5-3-15(4-6-16)26-17(22-23-24-26)13-30-18(27)14-7-11-25(12-8-14)19-20-9-2-10-21-19/h2-6,9-10,14H,7-8,11-13H2,1H3. The third kappa shape index (κ3) is 4.85. The van der Waals surface area contributed by atoms with Crippen LogP contribution in [0.1, 0.15) is 18.7 Å². The number of sulfone groups is 1. The second kappa shape index (κ2) is 8.76. The molecule has 0 N–H and O–H groups in total. The van der Waals surface area contributed by atoms with E-state index in [0.717, 1.165) is 6.26 Å². The molecule has 0 aliphatic carbocycles. The van der Waals surface area contributed by atoms with Crippen molar-refractivity contribution in [3.8, 4) is 5.69 Å². The van der Waals surface area contributed by atoms with Crippen LogP contribution >= 0.6 is 0 Å².